The standard InChI is InChI=1S/C61H105N3O17S5.C9H15O2S2.H2N.V.6H2/c1-45(54(68)38-51(44-86-84-42-47(3)61(77)82)55(69)37-50(49(5)66)43-85-83-41-46(2)48(4)65)23-20-21-29-62-58(72)40-81-36-33-78-31-22-24-52(67)39-80-35-34-79-32-30-63-56(70)28-27-53(60(75)76)64-57(71)25-18-16-14-12-10-8-6-7-9-11-13-15-17-19-26-59(73)74;1-7(9(3)11)6-13-12-5-4-8(2)10;;;;;;;;/h45-47,50-51,53H,6-44H2,1-5H3,(H,62,72)(H,63,70)(H,64,71)(H,73,74)(H,75,76)(H,77,82);4,7H,5-6H2,1-3H3;1H2;;6*1H/q;2*-1;+2;;;;;;/t45-,46-,47-,50-,51-,53-;7-;;;;;;;;/m00......../s1. The summed E-state index contributed by atoms with van der Waals surface area (Å²) in [7, 11) is 9.12. The average molecular weight is 1610 g/mol. The van der Waals surface area contributed by atoms with Crippen LogP contribution in [0.2, 0.25) is 0 Å². The second-order valence-electron chi connectivity index (χ2n) is 25.0. The molecule has 7 N–H and O–H groups in total. The van der Waals surface area contributed by atoms with Crippen LogP contribution in [0.15, 0.2) is 0 Å². The monoisotopic (exact) mass is 1610 g/mol. The molecule has 7 atom stereocenters. The number of ketones is 7. The number of hydrogen-bond donors (Lipinski definition) is 6. The molecule has 0 aromatic rings. The Kier molecular flexibility index (Phi) is 74.3. The third kappa shape index (κ3) is 68.9. The first-order valence-electron chi connectivity index (χ1n) is 35.1. The smallest absolute Gasteiger partial charge is 0.693 e. The Labute approximate surface area is 653 Å². The summed E-state index contributed by atoms with van der Waals surface area (Å²) in [5, 5.41) is 26.1. The summed E-state index contributed by atoms with van der Waals surface area (Å²) in [5.74, 6) is -1.00. The number of nitrogens with one attached hydrogen (secondary N) is 3. The van der Waals surface area contributed by atoms with Crippen LogP contribution in [0.1, 0.15) is 224 Å². The number of Topliss-reactive ketones (excluding diaryl/α,β-unsaturated/α-hetero) is 7. The molecule has 0 saturated heterocycles. The number of ether oxygens (including phenoxy) is 4. The van der Waals surface area contributed by atoms with Crippen LogP contribution in [0.25, 0.3) is 6.15 Å². The predicted octanol–water partition coefficient (Wildman–Crippen LogP) is 14.5. The van der Waals surface area contributed by atoms with Gasteiger partial charge in [0.15, 0.2) is 10.9 Å². The van der Waals surface area contributed by atoms with Crippen molar-refractivity contribution in [2.24, 2.45) is 35.5 Å². The van der Waals surface area contributed by atoms with E-state index in [0.717, 1.165) is 56.5 Å². The van der Waals surface area contributed by atoms with Crippen molar-refractivity contribution in [3.8, 4) is 0 Å². The summed E-state index contributed by atoms with van der Waals surface area (Å²) in [6, 6.07) is -1.16. The molecule has 0 aromatic carbocycles. The van der Waals surface area contributed by atoms with Gasteiger partial charge in [-0.1, -0.05) is 165 Å². The topological polar surface area (TPSA) is 369 Å². The third-order valence-electron chi connectivity index (χ3n) is 15.7. The molecule has 31 heteroatoms. The molecule has 0 heterocycles. The van der Waals surface area contributed by atoms with E-state index >= 15 is 0 Å². The normalized spacial score (nSPS) is 13.0. The van der Waals surface area contributed by atoms with E-state index < -0.39 is 29.8 Å². The van der Waals surface area contributed by atoms with Gasteiger partial charge in [0.1, 0.15) is 48.2 Å². The molecule has 0 rings (SSSR count). The summed E-state index contributed by atoms with van der Waals surface area (Å²) in [4.78, 5) is 156. The molecule has 0 aliphatic heterocycles. The maximum atomic E-state index is 13.6. The van der Waals surface area contributed by atoms with Crippen molar-refractivity contribution in [3.05, 3.63) is 12.6 Å². The Morgan fingerprint density at radius 1 is 0.436 bits per heavy atom. The van der Waals surface area contributed by atoms with E-state index in [2.05, 4.69) is 28.6 Å². The zero-order chi connectivity index (χ0) is 74.4. The minimum atomic E-state index is -1.19. The van der Waals surface area contributed by atoms with Crippen LogP contribution < -0.4 is 16.0 Å². The Hall–Kier alpha value is -2.59. The van der Waals surface area contributed by atoms with Gasteiger partial charge in [0, 0.05) is 131 Å². The zero-order valence-electron chi connectivity index (χ0n) is 61.4. The van der Waals surface area contributed by atoms with Crippen molar-refractivity contribution >= 4 is 153 Å². The van der Waals surface area contributed by atoms with Crippen molar-refractivity contribution in [3.63, 3.8) is 0 Å². The van der Waals surface area contributed by atoms with Crippen molar-refractivity contribution in [2.75, 3.05) is 100 Å². The first-order chi connectivity index (χ1) is 47.2. The van der Waals surface area contributed by atoms with Crippen LogP contribution in [-0.4, -0.2) is 192 Å². The number of hydrogen-bond acceptors (Lipinski definition) is 23. The van der Waals surface area contributed by atoms with Gasteiger partial charge in [-0.05, 0) is 72.0 Å². The van der Waals surface area contributed by atoms with E-state index in [4.69, 9.17) is 24.1 Å². The molecule has 3 amide bonds. The fourth-order valence-corrected chi connectivity index (χ4v) is 16.8. The van der Waals surface area contributed by atoms with E-state index in [9.17, 15) is 67.4 Å². The molecule has 1 radical (unpaired) electrons. The van der Waals surface area contributed by atoms with Gasteiger partial charge in [0.2, 0.25) is 17.7 Å². The molecule has 0 spiro atoms. The maximum absolute atomic E-state index is 13.6. The fourth-order valence-electron chi connectivity index (χ4n) is 8.74. The molecule has 0 aliphatic rings. The number of thiol groups is 1. The molecule has 0 fully saturated rings. The van der Waals surface area contributed by atoms with Crippen LogP contribution in [0, 0.1) is 41.9 Å². The molecule has 0 aromatic heterocycles. The molecule has 0 unspecified atom stereocenters. The van der Waals surface area contributed by atoms with Gasteiger partial charge in [0.05, 0.1) is 33.0 Å². The van der Waals surface area contributed by atoms with Crippen LogP contribution in [0.5, 0.6) is 0 Å². The largest absolute Gasteiger partial charge is 2.00 e. The minimum Gasteiger partial charge on any atom is -0.693 e. The first-order valence-corrected chi connectivity index (χ1v) is 43.1. The van der Waals surface area contributed by atoms with Crippen LogP contribution in [0.4, 0.5) is 0 Å². The molecule has 0 aliphatic carbocycles. The van der Waals surface area contributed by atoms with Gasteiger partial charge in [-0.3, -0.25) is 52.7 Å². The van der Waals surface area contributed by atoms with Crippen molar-refractivity contribution < 1.29 is 119 Å². The van der Waals surface area contributed by atoms with Crippen molar-refractivity contribution in [1.29, 1.82) is 0 Å². The Bertz CT molecular complexity index is 2350. The van der Waals surface area contributed by atoms with E-state index in [-0.39, 0.29) is 218 Å². The van der Waals surface area contributed by atoms with Crippen molar-refractivity contribution in [1.82, 2.24) is 16.0 Å². The summed E-state index contributed by atoms with van der Waals surface area (Å²) in [5.41, 5.74) is 0. The Morgan fingerprint density at radius 2 is 0.901 bits per heavy atom. The average Bonchev–Trinajstić information content (AvgIpc) is 0.888. The van der Waals surface area contributed by atoms with Gasteiger partial charge in [-0.25, -0.2) is 4.79 Å². The summed E-state index contributed by atoms with van der Waals surface area (Å²) >= 11 is 3.90. The molecule has 23 nitrogen and oxygen atoms in total. The summed E-state index contributed by atoms with van der Waals surface area (Å²) in [6.07, 6.45) is 19.7. The number of amides is 3. The second kappa shape index (κ2) is 71.7. The Morgan fingerprint density at radius 3 is 1.42 bits per heavy atom. The molecular formula is C70H134N4O19S7V. The molecular weight excluding hydrogens is 1480 g/mol. The van der Waals surface area contributed by atoms with Crippen LogP contribution in [0.3, 0.4) is 0 Å². The molecule has 101 heavy (non-hydrogen) atoms. The zero-order valence-corrected chi connectivity index (χ0v) is 68.6. The first kappa shape index (κ1) is 105. The summed E-state index contributed by atoms with van der Waals surface area (Å²) < 4.78 is 21.8. The van der Waals surface area contributed by atoms with Crippen LogP contribution >= 0.6 is 77.4 Å². The third-order valence-corrected chi connectivity index (χ3v) is 23.9. The van der Waals surface area contributed by atoms with Crippen molar-refractivity contribution in [2.45, 2.75) is 222 Å². The van der Waals surface area contributed by atoms with Crippen LogP contribution in [-0.2, 0) is 99.8 Å². The maximum Gasteiger partial charge on any atom is 2.00 e. The number of aliphatic carboxylic acids is 2. The summed E-state index contributed by atoms with van der Waals surface area (Å²) in [6.45, 7) is 15.3. The number of unbranched alkanes of at least 4 members (excludes halogenated alkanes) is 14. The van der Waals surface area contributed by atoms with Gasteiger partial charge < -0.3 is 62.5 Å². The number of carboxylic acids is 2. The SMILES string of the molecule is CC(=O)[C@H](CSSC[C@H](C)C(C)=O)CC(=O)[C@H](CSSC[C@H](C)C(=O)S)CC(=O)[C@@H](C)CCCCNC(=O)COCCOCCCC(=O)COCCOCCNC(=O)CC[C@H](NC(=O)CCCCCCCCCCCCCCCCC(=O)O)C(=O)O.CC(=O)[CH-]CSSC[C@H](C)C(C)=O.[HH].[HH].[HH].[HH].[HH].[HH].[NH2-].[V+2]. The van der Waals surface area contributed by atoms with E-state index in [1.807, 2.05) is 20.8 Å². The van der Waals surface area contributed by atoms with E-state index in [1.54, 1.807) is 55.7 Å². The minimum absolute atomic E-state index is 0. The van der Waals surface area contributed by atoms with Gasteiger partial charge in [-0.15, -0.1) is 29.2 Å². The molecule has 0 bridgehead atoms. The van der Waals surface area contributed by atoms with Gasteiger partial charge in [-0.2, -0.15) is 0 Å². The Balaban J connectivity index is -0.000000506. The number of carboxylic acid groups (broad SMARTS) is 2. The van der Waals surface area contributed by atoms with E-state index in [0.29, 0.717) is 68.3 Å². The second-order valence-corrected chi connectivity index (χ2v) is 33.1. The van der Waals surface area contributed by atoms with E-state index in [1.165, 1.54) is 88.6 Å². The van der Waals surface area contributed by atoms with Gasteiger partial charge in [0.25, 0.3) is 0 Å². The van der Waals surface area contributed by atoms with Gasteiger partial charge >= 0.3 is 30.5 Å². The quantitative estimate of drug-likeness (QED) is 0.0143. The number of carbonyl (C=O) groups excluding carboxylic acids is 11. The molecule has 595 valence electrons. The fraction of sp³-hybridized carbons (Fsp3) is 0.800. The number of rotatable bonds is 70. The number of nitrogens with two attached hydrogens (primary N) is 1. The molecule has 0 saturated carbocycles. The predicted molar refractivity (Wildman–Crippen MR) is 424 cm³/mol. The number of carbonyl (C=O) groups is 13.